The molecule has 4 heterocycles. The molecule has 1 saturated heterocycles. The highest BCUT2D eigenvalue weighted by molar-refractivity contribution is 9.10. The molecule has 1 unspecified atom stereocenters. The topological polar surface area (TPSA) is 129 Å². The highest BCUT2D eigenvalue weighted by Gasteiger charge is 2.46. The second-order valence-electron chi connectivity index (χ2n) is 9.53. The second kappa shape index (κ2) is 9.66. The monoisotopic (exact) mass is 578 g/mol. The zero-order chi connectivity index (χ0) is 27.2. The number of amides is 1. The number of ether oxygens (including phenoxy) is 2. The van der Waals surface area contributed by atoms with Gasteiger partial charge in [0.15, 0.2) is 0 Å². The number of carboxylic acid groups (broad SMARTS) is 1. The number of aromatic nitrogens is 4. The fourth-order valence-electron chi connectivity index (χ4n) is 4.78. The molecule has 0 saturated carbocycles. The first-order valence-electron chi connectivity index (χ1n) is 11.2. The first-order valence-corrected chi connectivity index (χ1v) is 12.0. The van der Waals surface area contributed by atoms with Gasteiger partial charge in [0.2, 0.25) is 11.6 Å². The smallest absolute Gasteiger partial charge is 0.407 e. The SMILES string of the molecule is COc1nc(OC)c(F)c(C#Cc2nn(C3CCN(C(=O)O)[C@H]3C(C)(C)C)c3c(Br)cnc(N)c23)c1F. The number of methoxy groups -OCH3 is 2. The molecule has 0 bridgehead atoms. The van der Waals surface area contributed by atoms with Crippen molar-refractivity contribution in [2.24, 2.45) is 5.41 Å². The number of hydrogen-bond donors (Lipinski definition) is 2. The Bertz CT molecular complexity index is 1430. The summed E-state index contributed by atoms with van der Waals surface area (Å²) in [5.74, 6) is 2.17. The average Bonchev–Trinajstić information content (AvgIpc) is 3.44. The Labute approximate surface area is 219 Å². The van der Waals surface area contributed by atoms with Gasteiger partial charge in [-0.25, -0.2) is 9.78 Å². The molecule has 0 aliphatic carbocycles. The van der Waals surface area contributed by atoms with E-state index in [9.17, 15) is 18.7 Å². The lowest BCUT2D eigenvalue weighted by Gasteiger charge is -2.37. The molecule has 2 atom stereocenters. The van der Waals surface area contributed by atoms with E-state index in [-0.39, 0.29) is 17.6 Å². The van der Waals surface area contributed by atoms with Crippen LogP contribution in [-0.2, 0) is 0 Å². The summed E-state index contributed by atoms with van der Waals surface area (Å²) in [5, 5.41) is 14.8. The number of hydrogen-bond acceptors (Lipinski definition) is 7. The van der Waals surface area contributed by atoms with E-state index in [1.165, 1.54) is 25.3 Å². The number of likely N-dealkylation sites (tertiary alicyclic amines) is 1. The van der Waals surface area contributed by atoms with E-state index in [4.69, 9.17) is 15.2 Å². The largest absolute Gasteiger partial charge is 0.479 e. The molecule has 0 aromatic carbocycles. The van der Waals surface area contributed by atoms with Crippen LogP contribution in [0, 0.1) is 28.9 Å². The Kier molecular flexibility index (Phi) is 6.89. The highest BCUT2D eigenvalue weighted by atomic mass is 79.9. The van der Waals surface area contributed by atoms with E-state index < -0.39 is 46.5 Å². The lowest BCUT2D eigenvalue weighted by Crippen LogP contribution is -2.46. The summed E-state index contributed by atoms with van der Waals surface area (Å²) in [7, 11) is 2.37. The zero-order valence-corrected chi connectivity index (χ0v) is 22.4. The average molecular weight is 579 g/mol. The third-order valence-electron chi connectivity index (χ3n) is 6.23. The summed E-state index contributed by atoms with van der Waals surface area (Å²) in [6, 6.07) is -0.777. The number of nitrogens with two attached hydrogens (primary N) is 1. The molecule has 1 fully saturated rings. The van der Waals surface area contributed by atoms with Crippen LogP contribution in [0.4, 0.5) is 19.4 Å². The zero-order valence-electron chi connectivity index (χ0n) is 20.8. The van der Waals surface area contributed by atoms with Crippen LogP contribution >= 0.6 is 15.9 Å². The lowest BCUT2D eigenvalue weighted by molar-refractivity contribution is 0.0913. The molecule has 3 aromatic heterocycles. The van der Waals surface area contributed by atoms with Gasteiger partial charge in [0.25, 0.3) is 11.8 Å². The molecule has 1 amide bonds. The standard InChI is InChI=1S/C24H25BrF2N6O4/c1-24(2,3)19-14(8-9-32(19)23(34)35)33-18-12(25)10-29-20(28)15(18)13(31-33)7-6-11-16(26)21(36-4)30-22(37-5)17(11)27/h10,14,19H,8-9H2,1-5H3,(H2,28,29)(H,34,35)/t14?,19-/m1/s1. The molecule has 3 aromatic rings. The van der Waals surface area contributed by atoms with Gasteiger partial charge in [0.05, 0.1) is 41.7 Å². The normalized spacial score (nSPS) is 17.6. The maximum Gasteiger partial charge on any atom is 0.407 e. The number of rotatable bonds is 3. The quantitative estimate of drug-likeness (QED) is 0.442. The minimum Gasteiger partial charge on any atom is -0.479 e. The lowest BCUT2D eigenvalue weighted by atomic mass is 9.82. The van der Waals surface area contributed by atoms with Crippen LogP contribution < -0.4 is 15.2 Å². The van der Waals surface area contributed by atoms with Gasteiger partial charge in [-0.2, -0.15) is 18.9 Å². The van der Waals surface area contributed by atoms with Crippen LogP contribution in [0.3, 0.4) is 0 Å². The Morgan fingerprint density at radius 1 is 1.22 bits per heavy atom. The number of carbonyl (C=O) groups is 1. The van der Waals surface area contributed by atoms with Crippen molar-refractivity contribution in [1.29, 1.82) is 0 Å². The van der Waals surface area contributed by atoms with Crippen molar-refractivity contribution < 1.29 is 28.2 Å². The summed E-state index contributed by atoms with van der Waals surface area (Å²) in [6.45, 7) is 6.19. The van der Waals surface area contributed by atoms with E-state index in [1.807, 2.05) is 20.8 Å². The van der Waals surface area contributed by atoms with Crippen molar-refractivity contribution in [2.75, 3.05) is 26.5 Å². The number of pyridine rings is 2. The van der Waals surface area contributed by atoms with Crippen LogP contribution in [-0.4, -0.2) is 62.7 Å². The molecular weight excluding hydrogens is 554 g/mol. The molecule has 1 aliphatic heterocycles. The highest BCUT2D eigenvalue weighted by Crippen LogP contribution is 2.42. The van der Waals surface area contributed by atoms with Crippen LogP contribution in [0.5, 0.6) is 11.8 Å². The molecule has 196 valence electrons. The minimum atomic E-state index is -1.09. The summed E-state index contributed by atoms with van der Waals surface area (Å²) < 4.78 is 41.7. The maximum absolute atomic E-state index is 14.8. The van der Waals surface area contributed by atoms with Gasteiger partial charge in [-0.3, -0.25) is 4.68 Å². The third kappa shape index (κ3) is 4.50. The molecular formula is C24H25BrF2N6O4. The van der Waals surface area contributed by atoms with Crippen LogP contribution in [0.2, 0.25) is 0 Å². The number of nitrogen functional groups attached to an aromatic ring is 1. The van der Waals surface area contributed by atoms with Gasteiger partial charge in [-0.05, 0) is 33.7 Å². The van der Waals surface area contributed by atoms with Gasteiger partial charge in [-0.15, -0.1) is 0 Å². The number of fused-ring (bicyclic) bond motifs is 1. The Morgan fingerprint density at radius 2 is 1.84 bits per heavy atom. The molecule has 0 spiro atoms. The summed E-state index contributed by atoms with van der Waals surface area (Å²) in [4.78, 5) is 21.2. The molecule has 10 nitrogen and oxygen atoms in total. The van der Waals surface area contributed by atoms with Gasteiger partial charge in [-0.1, -0.05) is 26.7 Å². The van der Waals surface area contributed by atoms with E-state index >= 15 is 0 Å². The molecule has 1 aliphatic rings. The first-order chi connectivity index (χ1) is 17.4. The van der Waals surface area contributed by atoms with Crippen molar-refractivity contribution in [2.45, 2.75) is 39.3 Å². The van der Waals surface area contributed by atoms with Gasteiger partial charge in [0.1, 0.15) is 17.1 Å². The minimum absolute atomic E-state index is 0.111. The maximum atomic E-state index is 14.8. The van der Waals surface area contributed by atoms with Crippen molar-refractivity contribution in [1.82, 2.24) is 24.6 Å². The van der Waals surface area contributed by atoms with E-state index in [0.29, 0.717) is 28.3 Å². The van der Waals surface area contributed by atoms with E-state index in [2.05, 4.69) is 42.8 Å². The Morgan fingerprint density at radius 3 is 2.38 bits per heavy atom. The summed E-state index contributed by atoms with van der Waals surface area (Å²) in [5.41, 5.74) is 5.83. The fraction of sp³-hybridized carbons (Fsp3) is 0.417. The van der Waals surface area contributed by atoms with Crippen LogP contribution in [0.15, 0.2) is 10.7 Å². The fourth-order valence-corrected chi connectivity index (χ4v) is 5.26. The van der Waals surface area contributed by atoms with Gasteiger partial charge >= 0.3 is 6.09 Å². The first kappa shape index (κ1) is 26.4. The molecule has 3 N–H and O–H groups in total. The van der Waals surface area contributed by atoms with Gasteiger partial charge in [0, 0.05) is 12.7 Å². The van der Waals surface area contributed by atoms with Crippen molar-refractivity contribution >= 4 is 38.7 Å². The van der Waals surface area contributed by atoms with Crippen LogP contribution in [0.25, 0.3) is 10.9 Å². The van der Waals surface area contributed by atoms with E-state index in [1.54, 1.807) is 4.68 Å². The van der Waals surface area contributed by atoms with Gasteiger partial charge < -0.3 is 25.2 Å². The Hall–Kier alpha value is -3.66. The predicted molar refractivity (Wildman–Crippen MR) is 135 cm³/mol. The van der Waals surface area contributed by atoms with Crippen molar-refractivity contribution in [3.8, 4) is 23.6 Å². The number of halogens is 3. The van der Waals surface area contributed by atoms with Crippen LogP contribution in [0.1, 0.15) is 44.5 Å². The molecule has 4 rings (SSSR count). The molecule has 0 radical (unpaired) electrons. The van der Waals surface area contributed by atoms with Crippen molar-refractivity contribution in [3.05, 3.63) is 33.6 Å². The molecule has 37 heavy (non-hydrogen) atoms. The third-order valence-corrected chi connectivity index (χ3v) is 6.81. The summed E-state index contributed by atoms with van der Waals surface area (Å²) >= 11 is 3.50. The van der Waals surface area contributed by atoms with Crippen molar-refractivity contribution in [3.63, 3.8) is 0 Å². The molecule has 13 heteroatoms. The predicted octanol–water partition coefficient (Wildman–Crippen LogP) is 4.21. The number of anilines is 1. The second-order valence-corrected chi connectivity index (χ2v) is 10.4. The van der Waals surface area contributed by atoms with E-state index in [0.717, 1.165) is 0 Å². The Balaban J connectivity index is 1.94. The summed E-state index contributed by atoms with van der Waals surface area (Å²) in [6.07, 6.45) is 0.987. The number of nitrogens with zero attached hydrogens (tertiary/aromatic N) is 5.